The molecule has 0 aromatic carbocycles. The summed E-state index contributed by atoms with van der Waals surface area (Å²) in [6, 6.07) is 1.61. The highest BCUT2D eigenvalue weighted by Crippen LogP contribution is 2.43. The van der Waals surface area contributed by atoms with Gasteiger partial charge in [-0.25, -0.2) is 0 Å². The first-order chi connectivity index (χ1) is 9.33. The van der Waals surface area contributed by atoms with Crippen LogP contribution < -0.4 is 0 Å². The molecule has 0 aromatic heterocycles. The van der Waals surface area contributed by atoms with Crippen molar-refractivity contribution in [3.8, 4) is 0 Å². The lowest BCUT2D eigenvalue weighted by Crippen LogP contribution is -2.25. The average Bonchev–Trinajstić information content (AvgIpc) is 2.47. The third-order valence-electron chi connectivity index (χ3n) is 6.11. The molecule has 2 rings (SSSR count). The quantitative estimate of drug-likeness (QED) is 0.558. The number of rotatable bonds is 6. The molecular formula is C18H36Si. The molecule has 0 heterocycles. The number of hydrogen-bond acceptors (Lipinski definition) is 0. The summed E-state index contributed by atoms with van der Waals surface area (Å²) in [4.78, 5) is 0. The molecule has 0 spiro atoms. The first-order valence-corrected chi connectivity index (χ1v) is 11.1. The van der Waals surface area contributed by atoms with Crippen molar-refractivity contribution in [2.75, 3.05) is 0 Å². The maximum absolute atomic E-state index is 2.37. The molecule has 0 nitrogen and oxygen atoms in total. The molecule has 0 aromatic rings. The molecular weight excluding hydrogens is 244 g/mol. The second kappa shape index (κ2) is 8.49. The molecule has 112 valence electrons. The van der Waals surface area contributed by atoms with Crippen LogP contribution in [-0.2, 0) is 0 Å². The van der Waals surface area contributed by atoms with E-state index >= 15 is 0 Å². The van der Waals surface area contributed by atoms with Gasteiger partial charge in [-0.2, -0.15) is 0 Å². The fraction of sp³-hybridized carbons (Fsp3) is 1.00. The van der Waals surface area contributed by atoms with E-state index in [1.165, 1.54) is 24.8 Å². The second-order valence-electron chi connectivity index (χ2n) is 7.49. The summed E-state index contributed by atoms with van der Waals surface area (Å²) in [6.07, 6.45) is 17.1. The summed E-state index contributed by atoms with van der Waals surface area (Å²) in [5.41, 5.74) is 1.23. The smallest absolute Gasteiger partial charge is 0.0231 e. The van der Waals surface area contributed by atoms with Crippen LogP contribution in [0.2, 0.25) is 11.6 Å². The van der Waals surface area contributed by atoms with Crippen molar-refractivity contribution in [3.05, 3.63) is 0 Å². The van der Waals surface area contributed by atoms with E-state index in [1.807, 2.05) is 0 Å². The molecule has 2 aliphatic carbocycles. The van der Waals surface area contributed by atoms with Crippen LogP contribution >= 0.6 is 0 Å². The van der Waals surface area contributed by atoms with E-state index in [4.69, 9.17) is 0 Å². The van der Waals surface area contributed by atoms with Crippen LogP contribution in [0.1, 0.15) is 84.5 Å². The molecule has 0 radical (unpaired) electrons. The molecule has 0 saturated heterocycles. The van der Waals surface area contributed by atoms with Crippen LogP contribution in [0.15, 0.2) is 0 Å². The van der Waals surface area contributed by atoms with Crippen molar-refractivity contribution in [1.29, 1.82) is 0 Å². The van der Waals surface area contributed by atoms with E-state index in [2.05, 4.69) is 13.8 Å². The van der Waals surface area contributed by atoms with E-state index in [0.717, 1.165) is 17.8 Å². The van der Waals surface area contributed by atoms with Crippen LogP contribution in [0.5, 0.6) is 0 Å². The Balaban J connectivity index is 1.65. The van der Waals surface area contributed by atoms with Crippen molar-refractivity contribution >= 4 is 9.52 Å². The highest BCUT2D eigenvalue weighted by molar-refractivity contribution is 6.37. The van der Waals surface area contributed by atoms with Gasteiger partial charge < -0.3 is 0 Å². The molecule has 0 aliphatic heterocycles. The molecule has 2 fully saturated rings. The van der Waals surface area contributed by atoms with Crippen LogP contribution in [0.4, 0.5) is 0 Å². The van der Waals surface area contributed by atoms with Gasteiger partial charge in [0, 0.05) is 9.52 Å². The first kappa shape index (κ1) is 15.6. The summed E-state index contributed by atoms with van der Waals surface area (Å²) in [6.45, 7) is 4.72. The van der Waals surface area contributed by atoms with Crippen LogP contribution in [0.25, 0.3) is 0 Å². The molecule has 2 aliphatic rings. The lowest BCUT2D eigenvalue weighted by Gasteiger charge is -2.38. The predicted octanol–water partition coefficient (Wildman–Crippen LogP) is 5.57. The topological polar surface area (TPSA) is 0 Å². The van der Waals surface area contributed by atoms with E-state index in [-0.39, 0.29) is 0 Å². The van der Waals surface area contributed by atoms with Crippen molar-refractivity contribution in [3.63, 3.8) is 0 Å². The SMILES string of the molecule is CCC[SiH2][C@H]1CC[C@H](C2CCC(CCC)CC2)CC1. The summed E-state index contributed by atoms with van der Waals surface area (Å²) in [5, 5.41) is 0. The van der Waals surface area contributed by atoms with E-state index in [0.29, 0.717) is 9.52 Å². The lowest BCUT2D eigenvalue weighted by molar-refractivity contribution is 0.163. The Bertz CT molecular complexity index is 222. The zero-order valence-electron chi connectivity index (χ0n) is 13.5. The predicted molar refractivity (Wildman–Crippen MR) is 89.7 cm³/mol. The van der Waals surface area contributed by atoms with Crippen molar-refractivity contribution in [1.82, 2.24) is 0 Å². The summed E-state index contributed by atoms with van der Waals surface area (Å²) in [5.74, 6) is 3.35. The van der Waals surface area contributed by atoms with Gasteiger partial charge in [0.15, 0.2) is 0 Å². The molecule has 0 bridgehead atoms. The molecule has 1 heteroatoms. The minimum Gasteiger partial charge on any atom is -0.0657 e. The Morgan fingerprint density at radius 2 is 1.32 bits per heavy atom. The Labute approximate surface area is 124 Å². The maximum Gasteiger partial charge on any atom is 0.0231 e. The molecule has 2 saturated carbocycles. The highest BCUT2D eigenvalue weighted by atomic mass is 28.2. The Hall–Kier alpha value is 0.217. The Morgan fingerprint density at radius 1 is 0.737 bits per heavy atom. The molecule has 0 unspecified atom stereocenters. The van der Waals surface area contributed by atoms with Gasteiger partial charge in [0.05, 0.1) is 0 Å². The van der Waals surface area contributed by atoms with E-state index in [1.54, 1.807) is 57.4 Å². The highest BCUT2D eigenvalue weighted by Gasteiger charge is 2.30. The fourth-order valence-electron chi connectivity index (χ4n) is 4.80. The molecule has 19 heavy (non-hydrogen) atoms. The zero-order valence-corrected chi connectivity index (χ0v) is 14.9. The maximum atomic E-state index is 2.37. The third-order valence-corrected chi connectivity index (χ3v) is 8.86. The lowest BCUT2D eigenvalue weighted by atomic mass is 9.70. The van der Waals surface area contributed by atoms with Gasteiger partial charge in [-0.05, 0) is 30.6 Å². The molecule has 0 N–H and O–H groups in total. The number of hydrogen-bond donors (Lipinski definition) is 0. The minimum absolute atomic E-state index is 0.299. The molecule has 0 amide bonds. The summed E-state index contributed by atoms with van der Waals surface area (Å²) in [7, 11) is 0.299. The van der Waals surface area contributed by atoms with Gasteiger partial charge in [0.2, 0.25) is 0 Å². The van der Waals surface area contributed by atoms with E-state index in [9.17, 15) is 0 Å². The van der Waals surface area contributed by atoms with Crippen molar-refractivity contribution < 1.29 is 0 Å². The fourth-order valence-corrected chi connectivity index (χ4v) is 6.83. The van der Waals surface area contributed by atoms with Crippen LogP contribution in [0.3, 0.4) is 0 Å². The average molecular weight is 281 g/mol. The largest absolute Gasteiger partial charge is 0.0657 e. The normalized spacial score (nSPS) is 36.9. The van der Waals surface area contributed by atoms with E-state index < -0.39 is 0 Å². The van der Waals surface area contributed by atoms with Gasteiger partial charge in [0.25, 0.3) is 0 Å². The van der Waals surface area contributed by atoms with Gasteiger partial charge >= 0.3 is 0 Å². The van der Waals surface area contributed by atoms with Gasteiger partial charge in [-0.3, -0.25) is 0 Å². The van der Waals surface area contributed by atoms with Gasteiger partial charge in [0.1, 0.15) is 0 Å². The van der Waals surface area contributed by atoms with Gasteiger partial charge in [-0.1, -0.05) is 83.2 Å². The summed E-state index contributed by atoms with van der Waals surface area (Å²) < 4.78 is 0. The molecule has 0 atom stereocenters. The third kappa shape index (κ3) is 4.92. The summed E-state index contributed by atoms with van der Waals surface area (Å²) >= 11 is 0. The Morgan fingerprint density at radius 3 is 1.84 bits per heavy atom. The second-order valence-corrected chi connectivity index (χ2v) is 9.93. The van der Waals surface area contributed by atoms with Crippen molar-refractivity contribution in [2.45, 2.75) is 96.1 Å². The minimum atomic E-state index is 0.299. The zero-order chi connectivity index (χ0) is 13.5. The van der Waals surface area contributed by atoms with Crippen LogP contribution in [-0.4, -0.2) is 9.52 Å². The van der Waals surface area contributed by atoms with Crippen molar-refractivity contribution in [2.24, 2.45) is 17.8 Å². The first-order valence-electron chi connectivity index (χ1n) is 9.33. The standard InChI is InChI=1S/C18H36Si/c1-3-5-15-6-8-16(9-7-15)17-10-12-18(13-11-17)19-14-4-2/h15-18H,3-14,19H2,1-2H3/t15?,16?,17-,18-. The van der Waals surface area contributed by atoms with Gasteiger partial charge in [-0.15, -0.1) is 0 Å². The van der Waals surface area contributed by atoms with Crippen LogP contribution in [0, 0.1) is 17.8 Å². The Kier molecular flexibility index (Phi) is 6.97. The monoisotopic (exact) mass is 280 g/mol.